The number of aromatic nitrogens is 3. The van der Waals surface area contributed by atoms with E-state index < -0.39 is 5.97 Å². The number of aryl methyl sites for hydroxylation is 1. The summed E-state index contributed by atoms with van der Waals surface area (Å²) in [4.78, 5) is 33.6. The van der Waals surface area contributed by atoms with E-state index in [1.165, 1.54) is 7.11 Å². The van der Waals surface area contributed by atoms with Crippen molar-refractivity contribution in [2.45, 2.75) is 25.3 Å². The highest BCUT2D eigenvalue weighted by Crippen LogP contribution is 2.26. The van der Waals surface area contributed by atoms with E-state index in [0.29, 0.717) is 23.3 Å². The molecule has 1 fully saturated rings. The quantitative estimate of drug-likeness (QED) is 0.723. The molecule has 0 unspecified atom stereocenters. The third kappa shape index (κ3) is 2.77. The van der Waals surface area contributed by atoms with Crippen molar-refractivity contribution in [1.29, 1.82) is 0 Å². The van der Waals surface area contributed by atoms with Crippen LogP contribution >= 0.6 is 0 Å². The number of rotatable bonds is 4. The number of nitrogens with one attached hydrogen (secondary N) is 1. The van der Waals surface area contributed by atoms with Gasteiger partial charge in [0.25, 0.3) is 5.91 Å². The Morgan fingerprint density at radius 2 is 2.27 bits per heavy atom. The average molecular weight is 356 g/mol. The molecule has 3 aromatic rings. The van der Waals surface area contributed by atoms with Crippen LogP contribution < -0.4 is 0 Å². The number of furan rings is 1. The normalized spacial score (nSPS) is 17.2. The Morgan fingerprint density at radius 3 is 2.96 bits per heavy atom. The number of ether oxygens (including phenoxy) is 1. The first-order valence-corrected chi connectivity index (χ1v) is 8.55. The van der Waals surface area contributed by atoms with Crippen molar-refractivity contribution in [3.05, 3.63) is 41.8 Å². The van der Waals surface area contributed by atoms with Gasteiger partial charge in [0.2, 0.25) is 0 Å². The topological polar surface area (TPSA) is 93.4 Å². The van der Waals surface area contributed by atoms with Crippen LogP contribution in [0.5, 0.6) is 0 Å². The molecule has 8 nitrogen and oxygen atoms in total. The molecule has 0 aliphatic carbocycles. The Bertz CT molecular complexity index is 936. The van der Waals surface area contributed by atoms with Gasteiger partial charge in [-0.15, -0.1) is 0 Å². The number of hydrogen-bond donors (Lipinski definition) is 1. The molecule has 1 amide bonds. The maximum atomic E-state index is 12.9. The van der Waals surface area contributed by atoms with Gasteiger partial charge in [-0.25, -0.2) is 9.78 Å². The Morgan fingerprint density at radius 1 is 1.42 bits per heavy atom. The Kier molecular flexibility index (Phi) is 4.02. The summed E-state index contributed by atoms with van der Waals surface area (Å²) in [5, 5.41) is 0. The zero-order valence-corrected chi connectivity index (χ0v) is 14.7. The average Bonchev–Trinajstić information content (AvgIpc) is 3.38. The second-order valence-electron chi connectivity index (χ2n) is 6.52. The monoisotopic (exact) mass is 356 g/mol. The van der Waals surface area contributed by atoms with E-state index in [9.17, 15) is 9.59 Å². The van der Waals surface area contributed by atoms with E-state index in [-0.39, 0.29) is 17.7 Å². The lowest BCUT2D eigenvalue weighted by molar-refractivity contribution is 0.0594. The molecule has 1 aliphatic rings. The van der Waals surface area contributed by atoms with Crippen LogP contribution in [0.25, 0.3) is 11.1 Å². The lowest BCUT2D eigenvalue weighted by Gasteiger charge is -2.23. The van der Waals surface area contributed by atoms with Crippen LogP contribution in [0.2, 0.25) is 0 Å². The van der Waals surface area contributed by atoms with Crippen LogP contribution in [-0.2, 0) is 18.2 Å². The summed E-state index contributed by atoms with van der Waals surface area (Å²) in [5.41, 5.74) is 1.37. The van der Waals surface area contributed by atoms with Crippen molar-refractivity contribution in [2.75, 3.05) is 13.7 Å². The largest absolute Gasteiger partial charge is 0.464 e. The van der Waals surface area contributed by atoms with Crippen molar-refractivity contribution >= 4 is 23.0 Å². The molecule has 136 valence electrons. The number of esters is 1. The smallest absolute Gasteiger partial charge is 0.354 e. The number of imidazole rings is 1. The summed E-state index contributed by atoms with van der Waals surface area (Å²) in [7, 11) is 3.27. The summed E-state index contributed by atoms with van der Waals surface area (Å²) < 4.78 is 12.3. The summed E-state index contributed by atoms with van der Waals surface area (Å²) in [6.07, 6.45) is 6.31. The molecule has 8 heteroatoms. The SMILES string of the molecule is COC(=O)c1cc2oc(C(=O)N3CCC[C@H]3Cc3nccn3C)cc2[nH]1. The number of methoxy groups -OCH3 is 1. The number of hydrogen-bond acceptors (Lipinski definition) is 5. The number of nitrogens with zero attached hydrogens (tertiary/aromatic N) is 3. The molecule has 1 atom stereocenters. The highest BCUT2D eigenvalue weighted by atomic mass is 16.5. The molecule has 4 heterocycles. The molecule has 1 saturated heterocycles. The van der Waals surface area contributed by atoms with Crippen LogP contribution in [0.15, 0.2) is 28.9 Å². The first kappa shape index (κ1) is 16.4. The summed E-state index contributed by atoms with van der Waals surface area (Å²) in [5.74, 6) is 0.628. The van der Waals surface area contributed by atoms with E-state index in [2.05, 4.69) is 14.7 Å². The van der Waals surface area contributed by atoms with Gasteiger partial charge < -0.3 is 23.6 Å². The van der Waals surface area contributed by atoms with Crippen molar-refractivity contribution < 1.29 is 18.7 Å². The Hall–Kier alpha value is -3.03. The Balaban J connectivity index is 1.54. The predicted molar refractivity (Wildman–Crippen MR) is 92.9 cm³/mol. The third-order valence-corrected chi connectivity index (χ3v) is 4.90. The van der Waals surface area contributed by atoms with Crippen LogP contribution in [0.3, 0.4) is 0 Å². The van der Waals surface area contributed by atoms with Gasteiger partial charge in [-0.1, -0.05) is 0 Å². The predicted octanol–water partition coefficient (Wildman–Crippen LogP) is 2.13. The van der Waals surface area contributed by atoms with E-state index in [0.717, 1.165) is 25.1 Å². The molecule has 0 saturated carbocycles. The molecule has 0 spiro atoms. The molecule has 1 N–H and O–H groups in total. The number of fused-ring (bicyclic) bond motifs is 1. The lowest BCUT2D eigenvalue weighted by atomic mass is 10.1. The number of likely N-dealkylation sites (tertiary alicyclic amines) is 1. The molecule has 26 heavy (non-hydrogen) atoms. The van der Waals surface area contributed by atoms with Gasteiger partial charge >= 0.3 is 5.97 Å². The fourth-order valence-electron chi connectivity index (χ4n) is 3.51. The second kappa shape index (κ2) is 6.36. The van der Waals surface area contributed by atoms with Crippen LogP contribution in [0.1, 0.15) is 39.7 Å². The minimum Gasteiger partial charge on any atom is -0.464 e. The number of amides is 1. The van der Waals surface area contributed by atoms with Crippen molar-refractivity contribution in [3.8, 4) is 0 Å². The maximum Gasteiger partial charge on any atom is 0.354 e. The van der Waals surface area contributed by atoms with Gasteiger partial charge in [0, 0.05) is 50.6 Å². The number of aromatic amines is 1. The van der Waals surface area contributed by atoms with Crippen LogP contribution in [0.4, 0.5) is 0 Å². The number of carbonyl (C=O) groups is 2. The molecule has 4 rings (SSSR count). The fraction of sp³-hybridized carbons (Fsp3) is 0.389. The summed E-state index contributed by atoms with van der Waals surface area (Å²) >= 11 is 0. The fourth-order valence-corrected chi connectivity index (χ4v) is 3.51. The van der Waals surface area contributed by atoms with Crippen LogP contribution in [-0.4, -0.2) is 51.0 Å². The second-order valence-corrected chi connectivity index (χ2v) is 6.52. The highest BCUT2D eigenvalue weighted by Gasteiger charge is 2.32. The van der Waals surface area contributed by atoms with Crippen molar-refractivity contribution in [2.24, 2.45) is 7.05 Å². The molecular formula is C18H20N4O4. The van der Waals surface area contributed by atoms with E-state index in [4.69, 9.17) is 4.42 Å². The number of carbonyl (C=O) groups excluding carboxylic acids is 2. The standard InChI is InChI=1S/C18H20N4O4/c1-21-7-5-19-16(21)8-11-4-3-6-22(11)17(23)15-9-12-14(26-15)10-13(20-12)18(24)25-2/h5,7,9-11,20H,3-4,6,8H2,1-2H3/t11-/m0/s1. The lowest BCUT2D eigenvalue weighted by Crippen LogP contribution is -2.37. The van der Waals surface area contributed by atoms with Crippen molar-refractivity contribution in [1.82, 2.24) is 19.4 Å². The molecule has 0 bridgehead atoms. The third-order valence-electron chi connectivity index (χ3n) is 4.90. The molecule has 1 aliphatic heterocycles. The van der Waals surface area contributed by atoms with Gasteiger partial charge in [0.15, 0.2) is 11.3 Å². The van der Waals surface area contributed by atoms with Crippen LogP contribution in [0, 0.1) is 0 Å². The zero-order chi connectivity index (χ0) is 18.3. The van der Waals surface area contributed by atoms with Gasteiger partial charge in [-0.05, 0) is 12.8 Å². The minimum atomic E-state index is -0.473. The summed E-state index contributed by atoms with van der Waals surface area (Å²) in [6.45, 7) is 0.704. The highest BCUT2D eigenvalue weighted by molar-refractivity contribution is 5.98. The molecule has 0 aromatic carbocycles. The van der Waals surface area contributed by atoms with Gasteiger partial charge in [-0.3, -0.25) is 4.79 Å². The van der Waals surface area contributed by atoms with Gasteiger partial charge in [0.1, 0.15) is 11.5 Å². The van der Waals surface area contributed by atoms with Crippen molar-refractivity contribution in [3.63, 3.8) is 0 Å². The summed E-state index contributed by atoms with van der Waals surface area (Å²) in [6, 6.07) is 3.30. The first-order valence-electron chi connectivity index (χ1n) is 8.55. The maximum absolute atomic E-state index is 12.9. The van der Waals surface area contributed by atoms with E-state index in [1.807, 2.05) is 22.7 Å². The molecule has 0 radical (unpaired) electrons. The van der Waals surface area contributed by atoms with Gasteiger partial charge in [0.05, 0.1) is 12.6 Å². The zero-order valence-electron chi connectivity index (χ0n) is 14.7. The van der Waals surface area contributed by atoms with Gasteiger partial charge in [-0.2, -0.15) is 0 Å². The number of H-pyrrole nitrogens is 1. The molecule has 3 aromatic heterocycles. The first-order chi connectivity index (χ1) is 12.6. The van der Waals surface area contributed by atoms with E-state index >= 15 is 0 Å². The van der Waals surface area contributed by atoms with E-state index in [1.54, 1.807) is 18.3 Å². The molecular weight excluding hydrogens is 336 g/mol. The minimum absolute atomic E-state index is 0.109. The Labute approximate surface area is 149 Å².